The Balaban J connectivity index is 1.92. The number of carbonyl (C=O) groups excluding carboxylic acids is 1. The molecular weight excluding hydrogens is 308 g/mol. The van der Waals surface area contributed by atoms with Gasteiger partial charge in [0.25, 0.3) is 0 Å². The van der Waals surface area contributed by atoms with Gasteiger partial charge in [-0.1, -0.05) is 35.0 Å². The van der Waals surface area contributed by atoms with E-state index in [1.54, 1.807) is 50.4 Å². The number of benzene rings is 2. The van der Waals surface area contributed by atoms with Crippen LogP contribution in [0.2, 0.25) is 0 Å². The van der Waals surface area contributed by atoms with Crippen molar-refractivity contribution in [2.75, 3.05) is 7.11 Å². The summed E-state index contributed by atoms with van der Waals surface area (Å²) in [5, 5.41) is 3.66. The van der Waals surface area contributed by atoms with E-state index in [4.69, 9.17) is 20.0 Å². The molecule has 2 aromatic rings. The molecule has 0 amide bonds. The summed E-state index contributed by atoms with van der Waals surface area (Å²) in [6, 6.07) is 14.3. The Morgan fingerprint density at radius 2 is 1.62 bits per heavy atom. The van der Waals surface area contributed by atoms with Crippen molar-refractivity contribution < 1.29 is 19.1 Å². The SMILES string of the molecule is COc1ccc(OC(C)C(=O)ON=C(N)c2ccc(C)cc2)cc1. The van der Waals surface area contributed by atoms with Gasteiger partial charge in [-0.3, -0.25) is 0 Å². The van der Waals surface area contributed by atoms with Crippen LogP contribution in [0.25, 0.3) is 0 Å². The molecule has 0 saturated carbocycles. The van der Waals surface area contributed by atoms with Crippen LogP contribution in [0.15, 0.2) is 53.7 Å². The Bertz CT molecular complexity index is 709. The molecule has 24 heavy (non-hydrogen) atoms. The molecule has 1 unspecified atom stereocenters. The lowest BCUT2D eigenvalue weighted by Gasteiger charge is -2.12. The van der Waals surface area contributed by atoms with Gasteiger partial charge in [0.2, 0.25) is 0 Å². The highest BCUT2D eigenvalue weighted by Crippen LogP contribution is 2.18. The normalized spacial score (nSPS) is 12.4. The van der Waals surface area contributed by atoms with Gasteiger partial charge in [0.05, 0.1) is 7.11 Å². The Kier molecular flexibility index (Phi) is 5.78. The van der Waals surface area contributed by atoms with Gasteiger partial charge in [-0.2, -0.15) is 0 Å². The number of methoxy groups -OCH3 is 1. The van der Waals surface area contributed by atoms with Crippen molar-refractivity contribution in [2.24, 2.45) is 10.9 Å². The molecular formula is C18H20N2O4. The third kappa shape index (κ3) is 4.74. The molecule has 0 aliphatic carbocycles. The van der Waals surface area contributed by atoms with Crippen LogP contribution >= 0.6 is 0 Å². The molecule has 2 rings (SSSR count). The number of ether oxygens (including phenoxy) is 2. The number of carbonyl (C=O) groups is 1. The van der Waals surface area contributed by atoms with E-state index in [-0.39, 0.29) is 5.84 Å². The predicted octanol–water partition coefficient (Wildman–Crippen LogP) is 2.63. The zero-order chi connectivity index (χ0) is 17.5. The molecule has 0 aromatic heterocycles. The first-order chi connectivity index (χ1) is 11.5. The molecule has 0 bridgehead atoms. The number of nitrogens with two attached hydrogens (primary N) is 1. The fourth-order valence-electron chi connectivity index (χ4n) is 1.85. The van der Waals surface area contributed by atoms with Gasteiger partial charge >= 0.3 is 5.97 Å². The lowest BCUT2D eigenvalue weighted by Crippen LogP contribution is -2.26. The molecule has 6 nitrogen and oxygen atoms in total. The van der Waals surface area contributed by atoms with Gasteiger partial charge in [0.1, 0.15) is 11.5 Å². The summed E-state index contributed by atoms with van der Waals surface area (Å²) in [7, 11) is 1.58. The number of hydrogen-bond donors (Lipinski definition) is 1. The van der Waals surface area contributed by atoms with Crippen LogP contribution in [0.5, 0.6) is 11.5 Å². The minimum Gasteiger partial charge on any atom is -0.497 e. The van der Waals surface area contributed by atoms with Gasteiger partial charge in [-0.05, 0) is 38.1 Å². The third-order valence-corrected chi connectivity index (χ3v) is 3.29. The fourth-order valence-corrected chi connectivity index (χ4v) is 1.85. The highest BCUT2D eigenvalue weighted by molar-refractivity contribution is 5.97. The average Bonchev–Trinajstić information content (AvgIpc) is 2.60. The second kappa shape index (κ2) is 8.01. The number of oxime groups is 1. The molecule has 0 spiro atoms. The van der Waals surface area contributed by atoms with Crippen molar-refractivity contribution >= 4 is 11.8 Å². The topological polar surface area (TPSA) is 83.1 Å². The smallest absolute Gasteiger partial charge is 0.374 e. The second-order valence-electron chi connectivity index (χ2n) is 5.19. The summed E-state index contributed by atoms with van der Waals surface area (Å²) in [6.45, 7) is 3.54. The van der Waals surface area contributed by atoms with E-state index in [1.807, 2.05) is 19.1 Å². The Morgan fingerprint density at radius 1 is 1.04 bits per heavy atom. The summed E-state index contributed by atoms with van der Waals surface area (Å²) >= 11 is 0. The van der Waals surface area contributed by atoms with Crippen LogP contribution in [0.4, 0.5) is 0 Å². The standard InChI is InChI=1S/C18H20N2O4/c1-12-4-6-14(7-5-12)17(19)20-24-18(21)13(2)23-16-10-8-15(22-3)9-11-16/h4-11,13H,1-3H3,(H2,19,20). The van der Waals surface area contributed by atoms with E-state index < -0.39 is 12.1 Å². The van der Waals surface area contributed by atoms with Gasteiger partial charge in [0.15, 0.2) is 11.9 Å². The van der Waals surface area contributed by atoms with Gasteiger partial charge in [-0.25, -0.2) is 4.79 Å². The van der Waals surface area contributed by atoms with E-state index >= 15 is 0 Å². The van der Waals surface area contributed by atoms with Crippen molar-refractivity contribution in [1.29, 1.82) is 0 Å². The number of aryl methyl sites for hydroxylation is 1. The Labute approximate surface area is 140 Å². The van der Waals surface area contributed by atoms with Crippen LogP contribution in [-0.2, 0) is 9.63 Å². The Hall–Kier alpha value is -3.02. The quantitative estimate of drug-likeness (QED) is 0.381. The van der Waals surface area contributed by atoms with Crippen LogP contribution in [-0.4, -0.2) is 25.0 Å². The second-order valence-corrected chi connectivity index (χ2v) is 5.19. The molecule has 0 saturated heterocycles. The lowest BCUT2D eigenvalue weighted by atomic mass is 10.1. The van der Waals surface area contributed by atoms with Crippen LogP contribution in [0.1, 0.15) is 18.1 Å². The number of nitrogens with zero attached hydrogens (tertiary/aromatic N) is 1. The average molecular weight is 328 g/mol. The van der Waals surface area contributed by atoms with Crippen LogP contribution in [0, 0.1) is 6.92 Å². The molecule has 6 heteroatoms. The van der Waals surface area contributed by atoms with E-state index in [9.17, 15) is 4.79 Å². The van der Waals surface area contributed by atoms with Crippen molar-refractivity contribution in [3.05, 3.63) is 59.7 Å². The minimum atomic E-state index is -0.826. The summed E-state index contributed by atoms with van der Waals surface area (Å²) < 4.78 is 10.5. The number of hydrogen-bond acceptors (Lipinski definition) is 5. The lowest BCUT2D eigenvalue weighted by molar-refractivity contribution is -0.151. The largest absolute Gasteiger partial charge is 0.497 e. The maximum absolute atomic E-state index is 11.9. The van der Waals surface area contributed by atoms with Crippen molar-refractivity contribution in [3.63, 3.8) is 0 Å². The number of amidine groups is 1. The minimum absolute atomic E-state index is 0.125. The maximum atomic E-state index is 11.9. The predicted molar refractivity (Wildman–Crippen MR) is 91.1 cm³/mol. The molecule has 0 fully saturated rings. The molecule has 1 atom stereocenters. The molecule has 0 heterocycles. The van der Waals surface area contributed by atoms with Crippen molar-refractivity contribution in [2.45, 2.75) is 20.0 Å². The van der Waals surface area contributed by atoms with Gasteiger partial charge in [-0.15, -0.1) is 0 Å². The molecule has 0 aliphatic rings. The Morgan fingerprint density at radius 3 is 2.21 bits per heavy atom. The maximum Gasteiger partial charge on any atom is 0.374 e. The zero-order valence-corrected chi connectivity index (χ0v) is 13.9. The van der Waals surface area contributed by atoms with Crippen LogP contribution in [0.3, 0.4) is 0 Å². The van der Waals surface area contributed by atoms with E-state index in [0.29, 0.717) is 17.1 Å². The van der Waals surface area contributed by atoms with Gasteiger partial charge in [0, 0.05) is 5.56 Å². The highest BCUT2D eigenvalue weighted by atomic mass is 16.7. The van der Waals surface area contributed by atoms with E-state index in [0.717, 1.165) is 5.56 Å². The monoisotopic (exact) mass is 328 g/mol. The molecule has 2 aromatic carbocycles. The first-order valence-electron chi connectivity index (χ1n) is 7.41. The number of rotatable bonds is 6. The van der Waals surface area contributed by atoms with Crippen LogP contribution < -0.4 is 15.2 Å². The highest BCUT2D eigenvalue weighted by Gasteiger charge is 2.17. The molecule has 126 valence electrons. The fraction of sp³-hybridized carbons (Fsp3) is 0.222. The first kappa shape index (κ1) is 17.3. The van der Waals surface area contributed by atoms with Gasteiger partial charge < -0.3 is 20.0 Å². The molecule has 0 radical (unpaired) electrons. The summed E-state index contributed by atoms with van der Waals surface area (Å²) in [6.07, 6.45) is -0.826. The zero-order valence-electron chi connectivity index (χ0n) is 13.9. The summed E-state index contributed by atoms with van der Waals surface area (Å²) in [5.74, 6) is 0.713. The van der Waals surface area contributed by atoms with Crippen molar-refractivity contribution in [3.8, 4) is 11.5 Å². The van der Waals surface area contributed by atoms with Crippen molar-refractivity contribution in [1.82, 2.24) is 0 Å². The van der Waals surface area contributed by atoms with E-state index in [1.165, 1.54) is 0 Å². The third-order valence-electron chi connectivity index (χ3n) is 3.29. The first-order valence-corrected chi connectivity index (χ1v) is 7.41. The molecule has 0 aliphatic heterocycles. The van der Waals surface area contributed by atoms with E-state index in [2.05, 4.69) is 5.16 Å². The summed E-state index contributed by atoms with van der Waals surface area (Å²) in [5.41, 5.74) is 7.58. The summed E-state index contributed by atoms with van der Waals surface area (Å²) in [4.78, 5) is 16.8. The molecule has 2 N–H and O–H groups in total.